The van der Waals surface area contributed by atoms with Crippen LogP contribution in [0.2, 0.25) is 0 Å². The number of amides is 2. The van der Waals surface area contributed by atoms with Gasteiger partial charge in [-0.2, -0.15) is 0 Å². The molecule has 0 unspecified atom stereocenters. The lowest BCUT2D eigenvalue weighted by atomic mass is 10.4. The summed E-state index contributed by atoms with van der Waals surface area (Å²) in [6, 6.07) is 0.986. The van der Waals surface area contributed by atoms with Gasteiger partial charge in [0.1, 0.15) is 0 Å². The van der Waals surface area contributed by atoms with Crippen LogP contribution in [0.1, 0.15) is 6.92 Å². The van der Waals surface area contributed by atoms with E-state index in [0.29, 0.717) is 6.54 Å². The first-order valence-electron chi connectivity index (χ1n) is 4.66. The number of pyridine rings is 1. The summed E-state index contributed by atoms with van der Waals surface area (Å²) in [6.45, 7) is 1.99. The number of halogens is 1. The fourth-order valence-electron chi connectivity index (χ4n) is 0.957. The third-order valence-electron chi connectivity index (χ3n) is 1.85. The number of carbonyl (C=O) groups excluding carboxylic acids is 1. The van der Waals surface area contributed by atoms with E-state index in [9.17, 15) is 9.18 Å². The Morgan fingerprint density at radius 2 is 2.44 bits per heavy atom. The molecule has 0 spiro atoms. The van der Waals surface area contributed by atoms with Crippen molar-refractivity contribution in [1.82, 2.24) is 9.88 Å². The van der Waals surface area contributed by atoms with Crippen LogP contribution in [0.15, 0.2) is 18.5 Å². The van der Waals surface area contributed by atoms with Gasteiger partial charge in [-0.05, 0) is 13.0 Å². The molecule has 1 aromatic heterocycles. The number of aromatic nitrogens is 1. The first-order valence-corrected chi connectivity index (χ1v) is 4.66. The predicted molar refractivity (Wildman–Crippen MR) is 59.3 cm³/mol. The molecule has 1 heterocycles. The minimum atomic E-state index is -0.564. The van der Waals surface area contributed by atoms with Crippen molar-refractivity contribution in [2.45, 2.75) is 6.92 Å². The molecule has 1 rings (SSSR count). The van der Waals surface area contributed by atoms with Gasteiger partial charge in [0.25, 0.3) is 0 Å². The van der Waals surface area contributed by atoms with Crippen molar-refractivity contribution < 1.29 is 9.18 Å². The van der Waals surface area contributed by atoms with Crippen LogP contribution < -0.4 is 5.32 Å². The number of anilines is 1. The fourth-order valence-corrected chi connectivity index (χ4v) is 0.957. The molecule has 5 heteroatoms. The monoisotopic (exact) mass is 221 g/mol. The topological polar surface area (TPSA) is 45.2 Å². The van der Waals surface area contributed by atoms with Crippen LogP contribution in [0.3, 0.4) is 0 Å². The Kier molecular flexibility index (Phi) is 4.28. The van der Waals surface area contributed by atoms with Crippen LogP contribution in [0.4, 0.5) is 14.9 Å². The highest BCUT2D eigenvalue weighted by Crippen LogP contribution is 2.11. The second-order valence-corrected chi connectivity index (χ2v) is 3.07. The smallest absolute Gasteiger partial charge is 0.316 e. The molecule has 0 radical (unpaired) electrons. The van der Waals surface area contributed by atoms with E-state index < -0.39 is 11.8 Å². The molecule has 0 fully saturated rings. The summed E-state index contributed by atoms with van der Waals surface area (Å²) in [5.41, 5.74) is 0.108. The zero-order chi connectivity index (χ0) is 12.0. The normalized spacial score (nSPS) is 8.94. The zero-order valence-corrected chi connectivity index (χ0v) is 9.12. The fraction of sp³-hybridized carbons (Fsp3) is 0.273. The third kappa shape index (κ3) is 3.24. The maximum Gasteiger partial charge on any atom is 0.322 e. The van der Waals surface area contributed by atoms with Gasteiger partial charge < -0.3 is 10.2 Å². The number of carbonyl (C=O) groups is 1. The van der Waals surface area contributed by atoms with Crippen molar-refractivity contribution in [3.8, 4) is 11.8 Å². The average Bonchev–Trinajstić information content (AvgIpc) is 2.28. The highest BCUT2D eigenvalue weighted by atomic mass is 19.1. The molecule has 1 N–H and O–H groups in total. The van der Waals surface area contributed by atoms with Crippen LogP contribution in [0.5, 0.6) is 0 Å². The molecular formula is C11H12FN3O. The predicted octanol–water partition coefficient (Wildman–Crippen LogP) is 1.71. The van der Waals surface area contributed by atoms with Gasteiger partial charge in [0.2, 0.25) is 0 Å². The highest BCUT2D eigenvalue weighted by molar-refractivity contribution is 5.89. The molecular weight excluding hydrogens is 209 g/mol. The number of urea groups is 1. The molecule has 0 aromatic carbocycles. The van der Waals surface area contributed by atoms with Crippen LogP contribution in [-0.2, 0) is 0 Å². The second kappa shape index (κ2) is 5.71. The Bertz CT molecular complexity index is 436. The lowest BCUT2D eigenvalue weighted by molar-refractivity contribution is 0.227. The maximum atomic E-state index is 13.1. The van der Waals surface area contributed by atoms with E-state index in [-0.39, 0.29) is 5.69 Å². The standard InChI is InChI=1S/C11H12FN3O/c1-3-4-7-15(2)11(16)14-10-5-6-13-8-9(10)12/h5-6,8H,7H2,1-2H3,(H,13,14,16). The molecule has 2 amide bonds. The molecule has 84 valence electrons. The van der Waals surface area contributed by atoms with E-state index in [0.717, 1.165) is 6.20 Å². The average molecular weight is 221 g/mol. The lowest BCUT2D eigenvalue weighted by Crippen LogP contribution is -2.31. The van der Waals surface area contributed by atoms with E-state index >= 15 is 0 Å². The van der Waals surface area contributed by atoms with E-state index in [4.69, 9.17) is 0 Å². The summed E-state index contributed by atoms with van der Waals surface area (Å²) in [6.07, 6.45) is 2.45. The molecule has 0 aliphatic heterocycles. The summed E-state index contributed by atoms with van der Waals surface area (Å²) in [4.78, 5) is 16.5. The zero-order valence-electron chi connectivity index (χ0n) is 9.12. The van der Waals surface area contributed by atoms with Crippen molar-refractivity contribution in [3.63, 3.8) is 0 Å². The lowest BCUT2D eigenvalue weighted by Gasteiger charge is -2.15. The first kappa shape index (κ1) is 12.0. The molecule has 0 atom stereocenters. The van der Waals surface area contributed by atoms with Gasteiger partial charge >= 0.3 is 6.03 Å². The summed E-state index contributed by atoms with van der Waals surface area (Å²) in [5.74, 6) is 4.85. The number of nitrogens with zero attached hydrogens (tertiary/aromatic N) is 2. The summed E-state index contributed by atoms with van der Waals surface area (Å²) in [5, 5.41) is 2.42. The van der Waals surface area contributed by atoms with Gasteiger partial charge in [0, 0.05) is 13.2 Å². The van der Waals surface area contributed by atoms with Crippen LogP contribution in [0, 0.1) is 17.7 Å². The van der Waals surface area contributed by atoms with Gasteiger partial charge in [-0.3, -0.25) is 4.98 Å². The van der Waals surface area contributed by atoms with Gasteiger partial charge in [0.15, 0.2) is 5.82 Å². The Morgan fingerprint density at radius 3 is 3.06 bits per heavy atom. The Hall–Kier alpha value is -2.09. The van der Waals surface area contributed by atoms with Crippen LogP contribution in [0.25, 0.3) is 0 Å². The molecule has 0 saturated carbocycles. The Balaban J connectivity index is 2.63. The van der Waals surface area contributed by atoms with Crippen molar-refractivity contribution in [3.05, 3.63) is 24.3 Å². The van der Waals surface area contributed by atoms with E-state index in [2.05, 4.69) is 22.1 Å². The Morgan fingerprint density at radius 1 is 1.69 bits per heavy atom. The molecule has 0 aliphatic rings. The third-order valence-corrected chi connectivity index (χ3v) is 1.85. The van der Waals surface area contributed by atoms with E-state index in [1.54, 1.807) is 14.0 Å². The number of hydrogen-bond donors (Lipinski definition) is 1. The van der Waals surface area contributed by atoms with Gasteiger partial charge in [-0.15, -0.1) is 5.92 Å². The number of nitrogens with one attached hydrogen (secondary N) is 1. The molecule has 16 heavy (non-hydrogen) atoms. The Labute approximate surface area is 93.5 Å². The number of rotatable bonds is 2. The minimum Gasteiger partial charge on any atom is -0.316 e. The second-order valence-electron chi connectivity index (χ2n) is 3.07. The molecule has 0 bridgehead atoms. The van der Waals surface area contributed by atoms with Gasteiger partial charge in [-0.25, -0.2) is 9.18 Å². The van der Waals surface area contributed by atoms with E-state index in [1.807, 2.05) is 0 Å². The number of hydrogen-bond acceptors (Lipinski definition) is 2. The van der Waals surface area contributed by atoms with Crippen molar-refractivity contribution in [1.29, 1.82) is 0 Å². The summed E-state index contributed by atoms with van der Waals surface area (Å²) in [7, 11) is 1.58. The first-order chi connectivity index (χ1) is 7.65. The summed E-state index contributed by atoms with van der Waals surface area (Å²) >= 11 is 0. The van der Waals surface area contributed by atoms with Crippen molar-refractivity contribution in [2.75, 3.05) is 18.9 Å². The molecule has 0 saturated heterocycles. The highest BCUT2D eigenvalue weighted by Gasteiger charge is 2.09. The van der Waals surface area contributed by atoms with Gasteiger partial charge in [-0.1, -0.05) is 5.92 Å². The van der Waals surface area contributed by atoms with Gasteiger partial charge in [0.05, 0.1) is 18.4 Å². The van der Waals surface area contributed by atoms with E-state index in [1.165, 1.54) is 17.2 Å². The maximum absolute atomic E-state index is 13.1. The minimum absolute atomic E-state index is 0.108. The molecule has 0 aliphatic carbocycles. The van der Waals surface area contributed by atoms with Crippen molar-refractivity contribution in [2.24, 2.45) is 0 Å². The van der Waals surface area contributed by atoms with Crippen LogP contribution >= 0.6 is 0 Å². The molecule has 1 aromatic rings. The molecule has 4 nitrogen and oxygen atoms in total. The summed E-state index contributed by atoms with van der Waals surface area (Å²) < 4.78 is 13.1. The van der Waals surface area contributed by atoms with Crippen LogP contribution in [-0.4, -0.2) is 29.5 Å². The SMILES string of the molecule is CC#CCN(C)C(=O)Nc1ccncc1F. The quantitative estimate of drug-likeness (QED) is 0.773. The van der Waals surface area contributed by atoms with Crippen molar-refractivity contribution >= 4 is 11.7 Å². The largest absolute Gasteiger partial charge is 0.322 e.